The lowest BCUT2D eigenvalue weighted by Gasteiger charge is -2.21. The maximum Gasteiger partial charge on any atom is 0.407 e. The Morgan fingerprint density at radius 3 is 1.59 bits per heavy atom. The molecule has 15 nitrogen and oxygen atoms in total. The number of hydrogen-bond donors (Lipinski definition) is 5. The number of nitrogens with one attached hydrogen (secondary N) is 5. The van der Waals surface area contributed by atoms with Crippen LogP contribution in [-0.4, -0.2) is 99.1 Å². The summed E-state index contributed by atoms with van der Waals surface area (Å²) < 4.78 is 9.21. The standard InChI is InChI=1S/C42H53N9O6.C4H10.C3H8/c1-9-15-50(38(52)21-45-41(54)56-7)23-36-43-19-34(48-36)28-11-12-29(32(27(28)6)17-25(3)4)31-14-13-30(33-18-26(5)47-40(31)33)35-20-44-37(49-35)24-51(16-10-2)39(53)22-46-42(55)57-8;1-4(2)3;1-3-2/h11-14,17-20,47H,9-10,15-16,21-24H2,1-8H3,(H,43,48)(H,44,49)(H,45,54)(H,46,55);4H,1-3H3;3H2,1-2H3. The fourth-order valence-electron chi connectivity index (χ4n) is 6.85. The van der Waals surface area contributed by atoms with E-state index in [0.29, 0.717) is 24.7 Å². The van der Waals surface area contributed by atoms with Crippen molar-refractivity contribution in [1.29, 1.82) is 0 Å². The van der Waals surface area contributed by atoms with Gasteiger partial charge in [-0.1, -0.05) is 90.8 Å². The minimum absolute atomic E-state index is 0.163. The van der Waals surface area contributed by atoms with Gasteiger partial charge in [0.25, 0.3) is 0 Å². The number of amides is 4. The number of allylic oxidation sites excluding steroid dienone is 1. The van der Waals surface area contributed by atoms with E-state index in [-0.39, 0.29) is 38.0 Å². The third-order valence-electron chi connectivity index (χ3n) is 9.52. The van der Waals surface area contributed by atoms with Crippen LogP contribution in [0, 0.1) is 19.8 Å². The van der Waals surface area contributed by atoms with Crippen LogP contribution in [0.3, 0.4) is 0 Å². The molecule has 0 spiro atoms. The fraction of sp³-hybridized carbons (Fsp3) is 0.469. The van der Waals surface area contributed by atoms with E-state index in [1.165, 1.54) is 20.6 Å². The molecule has 4 amide bonds. The van der Waals surface area contributed by atoms with Crippen molar-refractivity contribution in [2.24, 2.45) is 5.92 Å². The third-order valence-corrected chi connectivity index (χ3v) is 9.52. The first-order valence-electron chi connectivity index (χ1n) is 22.2. The van der Waals surface area contributed by atoms with Crippen LogP contribution >= 0.6 is 0 Å². The minimum Gasteiger partial charge on any atom is -0.453 e. The van der Waals surface area contributed by atoms with Crippen LogP contribution in [0.1, 0.15) is 110 Å². The van der Waals surface area contributed by atoms with Crippen molar-refractivity contribution in [3.8, 4) is 33.6 Å². The molecule has 0 atom stereocenters. The third kappa shape index (κ3) is 14.9. The highest BCUT2D eigenvalue weighted by atomic mass is 16.5. The van der Waals surface area contributed by atoms with Crippen LogP contribution in [0.2, 0.25) is 0 Å². The number of carbonyl (C=O) groups excluding carboxylic acids is 4. The molecule has 5 N–H and O–H groups in total. The molecule has 3 aromatic heterocycles. The SMILES string of the molecule is CC(C)C.CCC.CCCN(Cc1ncc(-c2ccc(-c3ccc(-c4cnc(CN(CCC)C(=O)CNC(=O)OC)[nH]4)c4cc(C)[nH]c34)c(C=C(C)C)c2C)[nH]1)C(=O)CNC(=O)OC. The lowest BCUT2D eigenvalue weighted by atomic mass is 9.89. The molecular formula is C49H71N9O6. The Morgan fingerprint density at radius 2 is 1.14 bits per heavy atom. The van der Waals surface area contributed by atoms with Gasteiger partial charge in [-0.15, -0.1) is 0 Å². The molecule has 0 aliphatic rings. The van der Waals surface area contributed by atoms with Gasteiger partial charge >= 0.3 is 12.2 Å². The van der Waals surface area contributed by atoms with Gasteiger partial charge in [0.2, 0.25) is 11.8 Å². The monoisotopic (exact) mass is 882 g/mol. The zero-order valence-electron chi connectivity index (χ0n) is 40.3. The molecule has 5 rings (SSSR count). The molecule has 0 aliphatic heterocycles. The Balaban J connectivity index is 0.00000145. The zero-order valence-corrected chi connectivity index (χ0v) is 40.3. The van der Waals surface area contributed by atoms with E-state index < -0.39 is 12.2 Å². The van der Waals surface area contributed by atoms with E-state index in [4.69, 9.17) is 0 Å². The average Bonchev–Trinajstić information content (AvgIpc) is 4.02. The van der Waals surface area contributed by atoms with E-state index in [2.05, 4.69) is 137 Å². The smallest absolute Gasteiger partial charge is 0.407 e. The summed E-state index contributed by atoms with van der Waals surface area (Å²) in [7, 11) is 2.52. The van der Waals surface area contributed by atoms with Crippen molar-refractivity contribution in [2.75, 3.05) is 40.4 Å². The summed E-state index contributed by atoms with van der Waals surface area (Å²) in [6.07, 6.45) is 7.21. The molecule has 5 aromatic rings. The number of imidazole rings is 2. The van der Waals surface area contributed by atoms with Crippen molar-refractivity contribution in [3.05, 3.63) is 76.8 Å². The number of nitrogens with zero attached hydrogens (tertiary/aromatic N) is 4. The van der Waals surface area contributed by atoms with Crippen molar-refractivity contribution in [3.63, 3.8) is 0 Å². The maximum absolute atomic E-state index is 12.9. The summed E-state index contributed by atoms with van der Waals surface area (Å²) in [5, 5.41) is 5.95. The van der Waals surface area contributed by atoms with E-state index in [1.807, 2.05) is 20.8 Å². The predicted octanol–water partition coefficient (Wildman–Crippen LogP) is 9.92. The number of benzene rings is 2. The van der Waals surface area contributed by atoms with Crippen LogP contribution < -0.4 is 10.6 Å². The average molecular weight is 882 g/mol. The largest absolute Gasteiger partial charge is 0.453 e. The van der Waals surface area contributed by atoms with E-state index in [1.54, 1.807) is 22.2 Å². The Bertz CT molecular complexity index is 2330. The highest BCUT2D eigenvalue weighted by Gasteiger charge is 2.21. The first-order valence-corrected chi connectivity index (χ1v) is 22.2. The molecular weight excluding hydrogens is 811 g/mol. The number of methoxy groups -OCH3 is 2. The van der Waals surface area contributed by atoms with Gasteiger partial charge in [-0.25, -0.2) is 19.6 Å². The van der Waals surface area contributed by atoms with E-state index in [0.717, 1.165) is 85.7 Å². The van der Waals surface area contributed by atoms with Crippen molar-refractivity contribution in [1.82, 2.24) is 45.4 Å². The first kappa shape index (κ1) is 52.0. The van der Waals surface area contributed by atoms with E-state index in [9.17, 15) is 19.2 Å². The Kier molecular flexibility index (Phi) is 20.8. The first-order chi connectivity index (χ1) is 30.5. The molecule has 0 bridgehead atoms. The van der Waals surface area contributed by atoms with Crippen LogP contribution in [-0.2, 0) is 32.2 Å². The number of hydrogen-bond acceptors (Lipinski definition) is 8. The van der Waals surface area contributed by atoms with Gasteiger partial charge in [-0.05, 0) is 69.2 Å². The maximum atomic E-state index is 12.9. The number of ether oxygens (including phenoxy) is 2. The summed E-state index contributed by atoms with van der Waals surface area (Å²) in [6, 6.07) is 10.6. The Labute approximate surface area is 379 Å². The Morgan fingerprint density at radius 1 is 0.703 bits per heavy atom. The number of alkyl carbamates (subject to hydrolysis) is 2. The topological polar surface area (TPSA) is 190 Å². The molecule has 0 unspecified atom stereocenters. The number of H-pyrrole nitrogens is 3. The van der Waals surface area contributed by atoms with Gasteiger partial charge in [-0.2, -0.15) is 0 Å². The number of aryl methyl sites for hydroxylation is 1. The molecule has 2 aromatic carbocycles. The van der Waals surface area contributed by atoms with Gasteiger partial charge in [0.05, 0.1) is 56.6 Å². The number of carbonyl (C=O) groups is 4. The molecule has 348 valence electrons. The summed E-state index contributed by atoms with van der Waals surface area (Å²) in [5.74, 6) is 1.65. The normalized spacial score (nSPS) is 10.6. The zero-order chi connectivity index (χ0) is 47.5. The molecule has 0 radical (unpaired) electrons. The molecule has 15 heteroatoms. The van der Waals surface area contributed by atoms with Gasteiger partial charge in [0.1, 0.15) is 24.7 Å². The lowest BCUT2D eigenvalue weighted by Crippen LogP contribution is -2.40. The quantitative estimate of drug-likeness (QED) is 0.0647. The highest BCUT2D eigenvalue weighted by molar-refractivity contribution is 6.04. The number of aromatic nitrogens is 5. The molecule has 3 heterocycles. The second-order valence-corrected chi connectivity index (χ2v) is 16.6. The summed E-state index contributed by atoms with van der Waals surface area (Å²) in [6.45, 7) is 24.3. The lowest BCUT2D eigenvalue weighted by molar-refractivity contribution is -0.131. The Hall–Kier alpha value is -6.38. The van der Waals surface area contributed by atoms with E-state index >= 15 is 0 Å². The molecule has 0 saturated carbocycles. The van der Waals surface area contributed by atoms with Gasteiger partial charge < -0.3 is 44.9 Å². The minimum atomic E-state index is -0.658. The molecule has 0 fully saturated rings. The summed E-state index contributed by atoms with van der Waals surface area (Å²) in [4.78, 5) is 71.9. The molecule has 0 saturated heterocycles. The molecule has 64 heavy (non-hydrogen) atoms. The molecule has 0 aliphatic carbocycles. The number of fused-ring (bicyclic) bond motifs is 1. The number of rotatable bonds is 16. The predicted molar refractivity (Wildman–Crippen MR) is 256 cm³/mol. The van der Waals surface area contributed by atoms with Crippen LogP contribution in [0.25, 0.3) is 50.6 Å². The van der Waals surface area contributed by atoms with Crippen molar-refractivity contribution < 1.29 is 28.7 Å². The summed E-state index contributed by atoms with van der Waals surface area (Å²) >= 11 is 0. The van der Waals surface area contributed by atoms with Gasteiger partial charge in [0, 0.05) is 40.9 Å². The second-order valence-electron chi connectivity index (χ2n) is 16.6. The summed E-state index contributed by atoms with van der Waals surface area (Å²) in [5.41, 5.74) is 11.0. The van der Waals surface area contributed by atoms with Crippen molar-refractivity contribution in [2.45, 2.75) is 109 Å². The van der Waals surface area contributed by atoms with Crippen molar-refractivity contribution >= 4 is 41.0 Å². The second kappa shape index (κ2) is 25.7. The highest BCUT2D eigenvalue weighted by Crippen LogP contribution is 2.40. The number of aromatic amines is 3. The fourth-order valence-corrected chi connectivity index (χ4v) is 6.85. The van der Waals surface area contributed by atoms with Crippen LogP contribution in [0.5, 0.6) is 0 Å². The van der Waals surface area contributed by atoms with Gasteiger partial charge in [0.15, 0.2) is 0 Å². The van der Waals surface area contributed by atoms with Gasteiger partial charge in [-0.3, -0.25) is 9.59 Å². The van der Waals surface area contributed by atoms with Crippen LogP contribution in [0.4, 0.5) is 9.59 Å². The van der Waals surface area contributed by atoms with Crippen LogP contribution in [0.15, 0.2) is 48.3 Å².